The highest BCUT2D eigenvalue weighted by Gasteiger charge is 2.08. The number of hydrogen-bond donors (Lipinski definition) is 3. The van der Waals surface area contributed by atoms with Gasteiger partial charge in [0.1, 0.15) is 11.6 Å². The number of aromatic nitrogens is 3. The van der Waals surface area contributed by atoms with Crippen molar-refractivity contribution in [2.75, 3.05) is 16.4 Å². The third-order valence-electron chi connectivity index (χ3n) is 4.62. The zero-order valence-electron chi connectivity index (χ0n) is 17.4. The number of amides is 1. The molecule has 0 atom stereocenters. The van der Waals surface area contributed by atoms with E-state index in [1.165, 1.54) is 11.8 Å². The molecular weight excluding hydrogens is 420 g/mol. The van der Waals surface area contributed by atoms with Crippen molar-refractivity contribution in [3.63, 3.8) is 0 Å². The number of hydrogen-bond acceptors (Lipinski definition) is 7. The van der Waals surface area contributed by atoms with Gasteiger partial charge in [0.05, 0.1) is 0 Å². The molecule has 2 aromatic heterocycles. The summed E-state index contributed by atoms with van der Waals surface area (Å²) in [5.41, 5.74) is 9.72. The van der Waals surface area contributed by atoms with E-state index < -0.39 is 0 Å². The molecule has 4 aromatic rings. The zero-order chi connectivity index (χ0) is 22.3. The van der Waals surface area contributed by atoms with Gasteiger partial charge in [-0.15, -0.1) is 0 Å². The molecule has 0 fully saturated rings. The number of carbonyl (C=O) groups is 1. The minimum absolute atomic E-state index is 0.179. The highest BCUT2D eigenvalue weighted by Crippen LogP contribution is 2.22. The second-order valence-corrected chi connectivity index (χ2v) is 8.03. The quantitative estimate of drug-likeness (QED) is 0.209. The summed E-state index contributed by atoms with van der Waals surface area (Å²) in [7, 11) is 0. The number of nitrogens with two attached hydrogens (primary N) is 1. The minimum atomic E-state index is -0.179. The van der Waals surface area contributed by atoms with Crippen LogP contribution in [0.5, 0.6) is 0 Å². The molecule has 8 heteroatoms. The van der Waals surface area contributed by atoms with E-state index in [0.29, 0.717) is 33.7 Å². The summed E-state index contributed by atoms with van der Waals surface area (Å²) in [6.07, 6.45) is 3.46. The molecule has 0 saturated carbocycles. The maximum Gasteiger partial charge on any atom is 0.255 e. The summed E-state index contributed by atoms with van der Waals surface area (Å²) in [6, 6.07) is 20.3. The van der Waals surface area contributed by atoms with E-state index in [0.717, 1.165) is 16.9 Å². The molecule has 160 valence electrons. The molecule has 2 aromatic carbocycles. The van der Waals surface area contributed by atoms with Crippen LogP contribution in [-0.4, -0.2) is 20.9 Å². The Kier molecular flexibility index (Phi) is 6.62. The summed E-state index contributed by atoms with van der Waals surface area (Å²) in [5, 5.41) is 6.74. The highest BCUT2D eigenvalue weighted by atomic mass is 32.2. The van der Waals surface area contributed by atoms with Crippen LogP contribution in [0.25, 0.3) is 0 Å². The number of carbonyl (C=O) groups excluding carboxylic acids is 1. The average Bonchev–Trinajstić information content (AvgIpc) is 2.80. The molecule has 4 rings (SSSR count). The summed E-state index contributed by atoms with van der Waals surface area (Å²) in [4.78, 5) is 25.7. The SMILES string of the molecule is Cc1cccnc1Nc1ccnc(SCc2ccc(C(=O)Nc3cccc(N)c3)cc2)n1. The Bertz CT molecular complexity index is 1230. The van der Waals surface area contributed by atoms with Gasteiger partial charge in [0.15, 0.2) is 5.16 Å². The van der Waals surface area contributed by atoms with Crippen LogP contribution in [-0.2, 0) is 5.75 Å². The molecule has 2 heterocycles. The Morgan fingerprint density at radius 1 is 1.00 bits per heavy atom. The molecule has 0 unspecified atom stereocenters. The van der Waals surface area contributed by atoms with Gasteiger partial charge in [0.25, 0.3) is 5.91 Å². The lowest BCUT2D eigenvalue weighted by Crippen LogP contribution is -2.11. The van der Waals surface area contributed by atoms with Gasteiger partial charge in [0, 0.05) is 35.1 Å². The van der Waals surface area contributed by atoms with Gasteiger partial charge < -0.3 is 16.4 Å². The number of anilines is 4. The van der Waals surface area contributed by atoms with Crippen molar-refractivity contribution in [1.29, 1.82) is 0 Å². The molecular formula is C24H22N6OS. The molecule has 0 aliphatic carbocycles. The van der Waals surface area contributed by atoms with Crippen LogP contribution in [0.2, 0.25) is 0 Å². The van der Waals surface area contributed by atoms with Gasteiger partial charge in [-0.25, -0.2) is 15.0 Å². The lowest BCUT2D eigenvalue weighted by Gasteiger charge is -2.08. The van der Waals surface area contributed by atoms with Crippen LogP contribution in [0.15, 0.2) is 84.3 Å². The number of nitrogens with one attached hydrogen (secondary N) is 2. The summed E-state index contributed by atoms with van der Waals surface area (Å²) in [5.74, 6) is 1.97. The van der Waals surface area contributed by atoms with Crippen molar-refractivity contribution in [2.24, 2.45) is 0 Å². The number of nitrogen functional groups attached to an aromatic ring is 1. The Labute approximate surface area is 190 Å². The Morgan fingerprint density at radius 3 is 2.62 bits per heavy atom. The van der Waals surface area contributed by atoms with Gasteiger partial charge in [0.2, 0.25) is 0 Å². The van der Waals surface area contributed by atoms with E-state index >= 15 is 0 Å². The fraction of sp³-hybridized carbons (Fsp3) is 0.0833. The second kappa shape index (κ2) is 9.93. The molecule has 0 spiro atoms. The van der Waals surface area contributed by atoms with Gasteiger partial charge in [-0.05, 0) is 60.5 Å². The van der Waals surface area contributed by atoms with Crippen LogP contribution in [0.1, 0.15) is 21.5 Å². The molecule has 7 nitrogen and oxygen atoms in total. The van der Waals surface area contributed by atoms with Crippen molar-refractivity contribution >= 4 is 40.7 Å². The van der Waals surface area contributed by atoms with E-state index in [1.807, 2.05) is 37.3 Å². The van der Waals surface area contributed by atoms with Gasteiger partial charge >= 0.3 is 0 Å². The standard InChI is InChI=1S/C24H22N6OS/c1-16-4-3-12-26-22(16)29-21-11-13-27-24(30-21)32-15-17-7-9-18(10-8-17)23(31)28-20-6-2-5-19(25)14-20/h2-14H,15,25H2,1H3,(H,28,31)(H,26,27,29,30). The van der Waals surface area contributed by atoms with Crippen molar-refractivity contribution < 1.29 is 4.79 Å². The number of pyridine rings is 1. The molecule has 32 heavy (non-hydrogen) atoms. The summed E-state index contributed by atoms with van der Waals surface area (Å²) >= 11 is 1.52. The normalized spacial score (nSPS) is 10.5. The van der Waals surface area contributed by atoms with Crippen LogP contribution in [0.4, 0.5) is 23.0 Å². The molecule has 1 amide bonds. The monoisotopic (exact) mass is 442 g/mol. The van der Waals surface area contributed by atoms with Gasteiger partial charge in [-0.1, -0.05) is 36.0 Å². The van der Waals surface area contributed by atoms with E-state index in [-0.39, 0.29) is 5.91 Å². The maximum atomic E-state index is 12.4. The number of nitrogens with zero attached hydrogens (tertiary/aromatic N) is 3. The fourth-order valence-corrected chi connectivity index (χ4v) is 3.72. The van der Waals surface area contributed by atoms with Gasteiger partial charge in [-0.2, -0.15) is 0 Å². The minimum Gasteiger partial charge on any atom is -0.399 e. The average molecular weight is 443 g/mol. The van der Waals surface area contributed by atoms with Crippen LogP contribution >= 0.6 is 11.8 Å². The third kappa shape index (κ3) is 5.61. The number of aryl methyl sites for hydroxylation is 1. The van der Waals surface area contributed by atoms with Crippen molar-refractivity contribution in [3.8, 4) is 0 Å². The predicted molar refractivity (Wildman–Crippen MR) is 129 cm³/mol. The van der Waals surface area contributed by atoms with E-state index in [4.69, 9.17) is 5.73 Å². The molecule has 0 radical (unpaired) electrons. The maximum absolute atomic E-state index is 12.4. The zero-order valence-corrected chi connectivity index (χ0v) is 18.3. The predicted octanol–water partition coefficient (Wildman–Crippen LogP) is 5.05. The topological polar surface area (TPSA) is 106 Å². The lowest BCUT2D eigenvalue weighted by molar-refractivity contribution is 0.102. The lowest BCUT2D eigenvalue weighted by atomic mass is 10.1. The van der Waals surface area contributed by atoms with Crippen molar-refractivity contribution in [1.82, 2.24) is 15.0 Å². The molecule has 0 aliphatic heterocycles. The second-order valence-electron chi connectivity index (χ2n) is 7.08. The summed E-state index contributed by atoms with van der Waals surface area (Å²) in [6.45, 7) is 1.99. The van der Waals surface area contributed by atoms with Crippen LogP contribution in [0, 0.1) is 6.92 Å². The Morgan fingerprint density at radius 2 is 1.84 bits per heavy atom. The first kappa shape index (κ1) is 21.3. The molecule has 4 N–H and O–H groups in total. The Balaban J connectivity index is 1.35. The molecule has 0 bridgehead atoms. The number of benzene rings is 2. The van der Waals surface area contributed by atoms with Crippen LogP contribution in [0.3, 0.4) is 0 Å². The summed E-state index contributed by atoms with van der Waals surface area (Å²) < 4.78 is 0. The van der Waals surface area contributed by atoms with Gasteiger partial charge in [-0.3, -0.25) is 4.79 Å². The van der Waals surface area contributed by atoms with E-state index in [2.05, 4.69) is 25.6 Å². The van der Waals surface area contributed by atoms with E-state index in [1.54, 1.807) is 48.8 Å². The highest BCUT2D eigenvalue weighted by molar-refractivity contribution is 7.98. The first-order chi connectivity index (χ1) is 15.6. The molecule has 0 aliphatic rings. The fourth-order valence-electron chi connectivity index (χ4n) is 2.94. The van der Waals surface area contributed by atoms with Crippen LogP contribution < -0.4 is 16.4 Å². The number of rotatable bonds is 7. The third-order valence-corrected chi connectivity index (χ3v) is 5.55. The first-order valence-corrected chi connectivity index (χ1v) is 11.0. The smallest absolute Gasteiger partial charge is 0.255 e. The molecule has 0 saturated heterocycles. The van der Waals surface area contributed by atoms with Crippen molar-refractivity contribution in [3.05, 3.63) is 95.8 Å². The van der Waals surface area contributed by atoms with Crippen molar-refractivity contribution in [2.45, 2.75) is 17.8 Å². The first-order valence-electron chi connectivity index (χ1n) is 9.97. The Hall–Kier alpha value is -3.91. The van der Waals surface area contributed by atoms with E-state index in [9.17, 15) is 4.79 Å². The largest absolute Gasteiger partial charge is 0.399 e. The number of thioether (sulfide) groups is 1.